The van der Waals surface area contributed by atoms with E-state index in [1.807, 2.05) is 36.4 Å². The molecule has 0 aliphatic heterocycles. The Bertz CT molecular complexity index is 1770. The summed E-state index contributed by atoms with van der Waals surface area (Å²) in [5.41, 5.74) is 4.58. The fraction of sp³-hybridized carbons (Fsp3) is 0.107. The molecule has 0 amide bonds. The average molecular weight is 555 g/mol. The van der Waals surface area contributed by atoms with Crippen LogP contribution in [-0.2, 0) is 10.0 Å². The minimum Gasteiger partial charge on any atom is -0.454 e. The summed E-state index contributed by atoms with van der Waals surface area (Å²) in [4.78, 5) is 12.5. The third-order valence-corrected chi connectivity index (χ3v) is 7.94. The highest BCUT2D eigenvalue weighted by atomic mass is 32.2. The van der Waals surface area contributed by atoms with E-state index in [0.29, 0.717) is 11.7 Å². The molecule has 2 aromatic carbocycles. The van der Waals surface area contributed by atoms with Gasteiger partial charge in [0.1, 0.15) is 18.1 Å². The van der Waals surface area contributed by atoms with Crippen molar-refractivity contribution in [1.29, 1.82) is 5.26 Å². The zero-order chi connectivity index (χ0) is 27.4. The van der Waals surface area contributed by atoms with Gasteiger partial charge in [-0.3, -0.25) is 14.7 Å². The molecule has 0 aliphatic rings. The molecule has 1 N–H and O–H groups in total. The number of aromatic nitrogens is 4. The fourth-order valence-electron chi connectivity index (χ4n) is 3.86. The van der Waals surface area contributed by atoms with Crippen molar-refractivity contribution in [1.82, 2.24) is 19.3 Å². The van der Waals surface area contributed by atoms with E-state index >= 15 is 0 Å². The van der Waals surface area contributed by atoms with Gasteiger partial charge >= 0.3 is 0 Å². The van der Waals surface area contributed by atoms with Crippen molar-refractivity contribution in [3.63, 3.8) is 0 Å². The van der Waals surface area contributed by atoms with Crippen LogP contribution in [0.15, 0.2) is 90.5 Å². The molecule has 0 atom stereocenters. The molecule has 0 saturated carbocycles. The molecule has 0 unspecified atom stereocenters. The maximum atomic E-state index is 12.8. The second kappa shape index (κ2) is 11.0. The summed E-state index contributed by atoms with van der Waals surface area (Å²) in [6.07, 6.45) is 6.23. The van der Waals surface area contributed by atoms with E-state index in [1.165, 1.54) is 30.1 Å². The van der Waals surface area contributed by atoms with Gasteiger partial charge in [0.15, 0.2) is 5.75 Å². The predicted molar refractivity (Wildman–Crippen MR) is 149 cm³/mol. The number of ether oxygens (including phenoxy) is 1. The van der Waals surface area contributed by atoms with Crippen molar-refractivity contribution in [2.24, 2.45) is 0 Å². The molecule has 0 saturated heterocycles. The number of anilines is 1. The van der Waals surface area contributed by atoms with Crippen LogP contribution >= 0.6 is 11.5 Å². The van der Waals surface area contributed by atoms with E-state index in [9.17, 15) is 13.7 Å². The van der Waals surface area contributed by atoms with Crippen LogP contribution in [0.2, 0.25) is 0 Å². The van der Waals surface area contributed by atoms with E-state index in [-0.39, 0.29) is 21.3 Å². The van der Waals surface area contributed by atoms with E-state index in [0.717, 1.165) is 33.9 Å². The van der Waals surface area contributed by atoms with Gasteiger partial charge in [-0.1, -0.05) is 32.0 Å². The van der Waals surface area contributed by atoms with E-state index in [4.69, 9.17) is 4.74 Å². The molecule has 9 nitrogen and oxygen atoms in total. The highest BCUT2D eigenvalue weighted by molar-refractivity contribution is 7.93. The van der Waals surface area contributed by atoms with Crippen LogP contribution in [0.25, 0.3) is 22.4 Å². The number of rotatable bonds is 8. The normalized spacial score (nSPS) is 11.2. The quantitative estimate of drug-likeness (QED) is 0.238. The van der Waals surface area contributed by atoms with Crippen molar-refractivity contribution in [2.45, 2.75) is 24.7 Å². The third-order valence-electron chi connectivity index (χ3n) is 5.89. The summed E-state index contributed by atoms with van der Waals surface area (Å²) in [6.45, 7) is 4.28. The molecule has 194 valence electrons. The summed E-state index contributed by atoms with van der Waals surface area (Å²) in [7, 11) is -3.97. The molecule has 0 spiro atoms. The molecule has 39 heavy (non-hydrogen) atoms. The van der Waals surface area contributed by atoms with Crippen LogP contribution < -0.4 is 9.46 Å². The van der Waals surface area contributed by atoms with Crippen molar-refractivity contribution >= 4 is 26.7 Å². The molecule has 0 aliphatic carbocycles. The topological polar surface area (TPSA) is 131 Å². The van der Waals surface area contributed by atoms with Gasteiger partial charge in [-0.05, 0) is 59.5 Å². The van der Waals surface area contributed by atoms with Crippen LogP contribution in [0, 0.1) is 11.3 Å². The van der Waals surface area contributed by atoms with Gasteiger partial charge in [-0.25, -0.2) is 13.4 Å². The van der Waals surface area contributed by atoms with Crippen LogP contribution in [-0.4, -0.2) is 27.7 Å². The van der Waals surface area contributed by atoms with Crippen molar-refractivity contribution < 1.29 is 13.2 Å². The number of nitrogens with zero attached hydrogens (tertiary/aromatic N) is 5. The Morgan fingerprint density at radius 3 is 2.51 bits per heavy atom. The molecule has 0 fully saturated rings. The first kappa shape index (κ1) is 26.0. The van der Waals surface area contributed by atoms with Crippen LogP contribution in [0.1, 0.15) is 30.9 Å². The molecule has 0 radical (unpaired) electrons. The van der Waals surface area contributed by atoms with E-state index in [1.54, 1.807) is 18.6 Å². The highest BCUT2D eigenvalue weighted by Crippen LogP contribution is 2.37. The SMILES string of the molecule is CC(C)c1cccc(-c2cc(-c3ccncc3)c(Oc3ccc(S(=O)(=O)Nc4ncns4)cc3C#N)cn2)c1. The number of hydrogen-bond acceptors (Lipinski definition) is 9. The van der Waals surface area contributed by atoms with Gasteiger partial charge in [0.25, 0.3) is 10.0 Å². The van der Waals surface area contributed by atoms with Crippen molar-refractivity contribution in [3.8, 4) is 40.0 Å². The van der Waals surface area contributed by atoms with Gasteiger partial charge < -0.3 is 4.74 Å². The first-order valence-corrected chi connectivity index (χ1v) is 14.1. The summed E-state index contributed by atoms with van der Waals surface area (Å²) in [5.74, 6) is 0.972. The summed E-state index contributed by atoms with van der Waals surface area (Å²) in [5, 5.41) is 9.93. The summed E-state index contributed by atoms with van der Waals surface area (Å²) in [6, 6.07) is 20.0. The number of pyridine rings is 2. The van der Waals surface area contributed by atoms with Crippen LogP contribution in [0.5, 0.6) is 11.5 Å². The second-order valence-electron chi connectivity index (χ2n) is 8.81. The van der Waals surface area contributed by atoms with Gasteiger partial charge in [0.2, 0.25) is 5.13 Å². The Kier molecular flexibility index (Phi) is 7.31. The molecule has 3 heterocycles. The molecule has 5 aromatic rings. The minimum atomic E-state index is -3.97. The highest BCUT2D eigenvalue weighted by Gasteiger charge is 2.20. The van der Waals surface area contributed by atoms with Crippen LogP contribution in [0.3, 0.4) is 0 Å². The monoisotopic (exact) mass is 554 g/mol. The van der Waals surface area contributed by atoms with Gasteiger partial charge in [0.05, 0.1) is 22.3 Å². The molecular weight excluding hydrogens is 532 g/mol. The Hall–Kier alpha value is -4.66. The smallest absolute Gasteiger partial charge is 0.263 e. The second-order valence-corrected chi connectivity index (χ2v) is 11.3. The number of sulfonamides is 1. The minimum absolute atomic E-state index is 0.0459. The van der Waals surface area contributed by atoms with Crippen LogP contribution in [0.4, 0.5) is 5.13 Å². The van der Waals surface area contributed by atoms with Gasteiger partial charge in [-0.2, -0.15) is 9.64 Å². The molecular formula is C28H22N6O3S2. The number of nitriles is 1. The summed E-state index contributed by atoms with van der Waals surface area (Å²) < 4.78 is 37.9. The first-order chi connectivity index (χ1) is 18.8. The predicted octanol–water partition coefficient (Wildman–Crippen LogP) is 6.25. The average Bonchev–Trinajstić information content (AvgIpc) is 3.46. The number of benzene rings is 2. The third kappa shape index (κ3) is 5.77. The maximum Gasteiger partial charge on any atom is 0.263 e. The number of nitrogens with one attached hydrogen (secondary N) is 1. The Labute approximate surface area is 230 Å². The Morgan fingerprint density at radius 1 is 0.974 bits per heavy atom. The molecule has 3 aromatic heterocycles. The number of hydrogen-bond donors (Lipinski definition) is 1. The van der Waals surface area contributed by atoms with Crippen molar-refractivity contribution in [2.75, 3.05) is 4.72 Å². The van der Waals surface area contributed by atoms with Gasteiger partial charge in [-0.15, -0.1) is 0 Å². The van der Waals surface area contributed by atoms with E-state index < -0.39 is 10.0 Å². The zero-order valence-electron chi connectivity index (χ0n) is 20.9. The molecule has 5 rings (SSSR count). The van der Waals surface area contributed by atoms with Crippen molar-refractivity contribution in [3.05, 3.63) is 96.7 Å². The Morgan fingerprint density at radius 2 is 1.79 bits per heavy atom. The Balaban J connectivity index is 1.52. The molecule has 0 bridgehead atoms. The lowest BCUT2D eigenvalue weighted by atomic mass is 9.98. The molecule has 11 heteroatoms. The standard InChI is InChI=1S/C28H22N6O3S2/c1-18(2)20-4-3-5-21(12-20)25-14-24(19-8-10-30-11-9-19)27(16-31-25)37-26-7-6-23(13-22(26)15-29)39(35,36)34-28-32-17-33-38-28/h3-14,16-18H,1-2H3,(H,32,33,34). The lowest BCUT2D eigenvalue weighted by molar-refractivity contribution is 0.480. The zero-order valence-corrected chi connectivity index (χ0v) is 22.6. The summed E-state index contributed by atoms with van der Waals surface area (Å²) >= 11 is 0.908. The lowest BCUT2D eigenvalue weighted by Crippen LogP contribution is -2.13. The largest absolute Gasteiger partial charge is 0.454 e. The van der Waals surface area contributed by atoms with E-state index in [2.05, 4.69) is 50.0 Å². The lowest BCUT2D eigenvalue weighted by Gasteiger charge is -2.15. The first-order valence-electron chi connectivity index (χ1n) is 11.9. The fourth-order valence-corrected chi connectivity index (χ4v) is 5.55. The maximum absolute atomic E-state index is 12.8. The van der Waals surface area contributed by atoms with Gasteiger partial charge in [0, 0.05) is 35.1 Å².